The molecule has 1 aromatic carbocycles. The molecule has 1 N–H and O–H groups in total. The smallest absolute Gasteiger partial charge is 0.230 e. The van der Waals surface area contributed by atoms with E-state index in [9.17, 15) is 4.79 Å². The minimum Gasteiger partial charge on any atom is -0.325 e. The maximum Gasteiger partial charge on any atom is 0.230 e. The van der Waals surface area contributed by atoms with Crippen molar-refractivity contribution in [2.24, 2.45) is 5.92 Å². The van der Waals surface area contributed by atoms with E-state index >= 15 is 0 Å². The summed E-state index contributed by atoms with van der Waals surface area (Å²) in [7, 11) is 0. The first-order valence-electron chi connectivity index (χ1n) is 4.86. The van der Waals surface area contributed by atoms with Crippen LogP contribution < -0.4 is 5.32 Å². The third-order valence-electron chi connectivity index (χ3n) is 2.51. The highest BCUT2D eigenvalue weighted by Crippen LogP contribution is 2.53. The quantitative estimate of drug-likeness (QED) is 0.675. The van der Waals surface area contributed by atoms with Crippen molar-refractivity contribution in [3.8, 4) is 0 Å². The number of hydrogen-bond acceptors (Lipinski definition) is 2. The maximum atomic E-state index is 11.8. The Morgan fingerprint density at radius 2 is 2.12 bits per heavy atom. The standard InChI is InChI=1S/C11H11Cl2NOS/c1-16-9-5-3-2-4-8(9)14-10(15)7-6-11(7,12)13/h2-5,7H,6H2,1H3,(H,14,15). The monoisotopic (exact) mass is 275 g/mol. The zero-order valence-corrected chi connectivity index (χ0v) is 11.0. The molecule has 0 bridgehead atoms. The summed E-state index contributed by atoms with van der Waals surface area (Å²) in [6, 6.07) is 7.65. The highest BCUT2D eigenvalue weighted by atomic mass is 35.5. The number of anilines is 1. The van der Waals surface area contributed by atoms with E-state index in [1.165, 1.54) is 0 Å². The molecule has 2 rings (SSSR count). The Labute approximate surface area is 109 Å². The normalized spacial score (nSPS) is 21.6. The van der Waals surface area contributed by atoms with E-state index in [-0.39, 0.29) is 11.8 Å². The molecule has 0 saturated heterocycles. The van der Waals surface area contributed by atoms with Gasteiger partial charge in [0.2, 0.25) is 5.91 Å². The Morgan fingerprint density at radius 1 is 1.50 bits per heavy atom. The number of amides is 1. The zero-order valence-electron chi connectivity index (χ0n) is 8.67. The van der Waals surface area contributed by atoms with Crippen molar-refractivity contribution >= 4 is 46.6 Å². The van der Waals surface area contributed by atoms with Gasteiger partial charge in [-0.3, -0.25) is 4.79 Å². The summed E-state index contributed by atoms with van der Waals surface area (Å²) >= 11 is 13.3. The maximum absolute atomic E-state index is 11.8. The van der Waals surface area contributed by atoms with E-state index in [4.69, 9.17) is 23.2 Å². The van der Waals surface area contributed by atoms with Crippen LogP contribution in [0.15, 0.2) is 29.2 Å². The highest BCUT2D eigenvalue weighted by Gasteiger charge is 2.56. The van der Waals surface area contributed by atoms with Gasteiger partial charge < -0.3 is 5.32 Å². The summed E-state index contributed by atoms with van der Waals surface area (Å²) in [6.07, 6.45) is 2.50. The lowest BCUT2D eigenvalue weighted by Crippen LogP contribution is -2.17. The molecule has 0 aliphatic heterocycles. The average molecular weight is 276 g/mol. The summed E-state index contributed by atoms with van der Waals surface area (Å²) in [5.74, 6) is -0.391. The SMILES string of the molecule is CSc1ccccc1NC(=O)C1CC1(Cl)Cl. The largest absolute Gasteiger partial charge is 0.325 e. The molecule has 5 heteroatoms. The van der Waals surface area contributed by atoms with Gasteiger partial charge in [-0.2, -0.15) is 0 Å². The number of nitrogens with one attached hydrogen (secondary N) is 1. The van der Waals surface area contributed by atoms with Crippen LogP contribution in [0.4, 0.5) is 5.69 Å². The van der Waals surface area contributed by atoms with Gasteiger partial charge in [-0.25, -0.2) is 0 Å². The molecule has 1 aromatic rings. The van der Waals surface area contributed by atoms with Gasteiger partial charge >= 0.3 is 0 Å². The molecule has 1 atom stereocenters. The Balaban J connectivity index is 2.07. The van der Waals surface area contributed by atoms with Crippen LogP contribution in [0.5, 0.6) is 0 Å². The van der Waals surface area contributed by atoms with E-state index in [2.05, 4.69) is 5.32 Å². The van der Waals surface area contributed by atoms with Gasteiger partial charge in [-0.15, -0.1) is 35.0 Å². The average Bonchev–Trinajstić information content (AvgIpc) is 2.89. The molecular formula is C11H11Cl2NOS. The van der Waals surface area contributed by atoms with Gasteiger partial charge in [-0.05, 0) is 24.8 Å². The van der Waals surface area contributed by atoms with Crippen LogP contribution >= 0.6 is 35.0 Å². The van der Waals surface area contributed by atoms with Gasteiger partial charge in [-0.1, -0.05) is 12.1 Å². The number of benzene rings is 1. The molecule has 0 radical (unpaired) electrons. The number of thioether (sulfide) groups is 1. The van der Waals surface area contributed by atoms with Gasteiger partial charge in [0.05, 0.1) is 11.6 Å². The Bertz CT molecular complexity index is 422. The summed E-state index contributed by atoms with van der Waals surface area (Å²) in [4.78, 5) is 12.8. The van der Waals surface area contributed by atoms with Crippen LogP contribution in [0, 0.1) is 5.92 Å². The Hall–Kier alpha value is -0.380. The fourth-order valence-corrected chi connectivity index (χ4v) is 2.53. The number of rotatable bonds is 3. The predicted molar refractivity (Wildman–Crippen MR) is 69.4 cm³/mol. The second-order valence-electron chi connectivity index (χ2n) is 3.71. The molecule has 1 fully saturated rings. The van der Waals surface area contributed by atoms with Crippen molar-refractivity contribution in [3.05, 3.63) is 24.3 Å². The highest BCUT2D eigenvalue weighted by molar-refractivity contribution is 7.98. The van der Waals surface area contributed by atoms with E-state index in [1.807, 2.05) is 30.5 Å². The third-order valence-corrected chi connectivity index (χ3v) is 4.14. The van der Waals surface area contributed by atoms with E-state index in [1.54, 1.807) is 11.8 Å². The molecule has 0 spiro atoms. The molecule has 1 unspecified atom stereocenters. The number of halogens is 2. The lowest BCUT2D eigenvalue weighted by Gasteiger charge is -2.08. The molecular weight excluding hydrogens is 265 g/mol. The van der Waals surface area contributed by atoms with E-state index in [0.717, 1.165) is 10.6 Å². The zero-order chi connectivity index (χ0) is 11.8. The minimum atomic E-state index is -0.863. The van der Waals surface area contributed by atoms with Crippen molar-refractivity contribution < 1.29 is 4.79 Å². The minimum absolute atomic E-state index is 0.105. The van der Waals surface area contributed by atoms with Gasteiger partial charge in [0, 0.05) is 4.90 Å². The summed E-state index contributed by atoms with van der Waals surface area (Å²) in [5, 5.41) is 2.85. The van der Waals surface area contributed by atoms with E-state index < -0.39 is 4.33 Å². The lowest BCUT2D eigenvalue weighted by molar-refractivity contribution is -0.117. The third kappa shape index (κ3) is 2.47. The molecule has 1 amide bonds. The predicted octanol–water partition coefficient (Wildman–Crippen LogP) is 3.54. The fraction of sp³-hybridized carbons (Fsp3) is 0.364. The number of hydrogen-bond donors (Lipinski definition) is 1. The number of carbonyl (C=O) groups is 1. The van der Waals surface area contributed by atoms with E-state index in [0.29, 0.717) is 6.42 Å². The molecule has 1 aliphatic carbocycles. The van der Waals surface area contributed by atoms with Crippen LogP contribution in [0.25, 0.3) is 0 Å². The van der Waals surface area contributed by atoms with Crippen molar-refractivity contribution in [3.63, 3.8) is 0 Å². The second kappa shape index (κ2) is 4.47. The number of alkyl halides is 2. The van der Waals surface area contributed by atoms with Gasteiger partial charge in [0.25, 0.3) is 0 Å². The van der Waals surface area contributed by atoms with Gasteiger partial charge in [0.1, 0.15) is 4.33 Å². The molecule has 0 aromatic heterocycles. The summed E-state index contributed by atoms with van der Waals surface area (Å²) in [5.41, 5.74) is 0.816. The van der Waals surface area contributed by atoms with Crippen LogP contribution in [0.2, 0.25) is 0 Å². The van der Waals surface area contributed by atoms with Crippen molar-refractivity contribution in [2.45, 2.75) is 15.6 Å². The number of para-hydroxylation sites is 1. The van der Waals surface area contributed by atoms with Crippen LogP contribution in [0.1, 0.15) is 6.42 Å². The molecule has 86 valence electrons. The topological polar surface area (TPSA) is 29.1 Å². The van der Waals surface area contributed by atoms with Crippen molar-refractivity contribution in [1.29, 1.82) is 0 Å². The van der Waals surface area contributed by atoms with Gasteiger partial charge in [0.15, 0.2) is 0 Å². The lowest BCUT2D eigenvalue weighted by atomic mass is 10.3. The van der Waals surface area contributed by atoms with Crippen molar-refractivity contribution in [2.75, 3.05) is 11.6 Å². The first-order chi connectivity index (χ1) is 7.54. The second-order valence-corrected chi connectivity index (χ2v) is 6.10. The van der Waals surface area contributed by atoms with Crippen LogP contribution in [0.3, 0.4) is 0 Å². The van der Waals surface area contributed by atoms with Crippen molar-refractivity contribution in [1.82, 2.24) is 0 Å². The first-order valence-corrected chi connectivity index (χ1v) is 6.84. The molecule has 0 heterocycles. The van der Waals surface area contributed by atoms with Crippen LogP contribution in [-0.2, 0) is 4.79 Å². The fourth-order valence-electron chi connectivity index (χ4n) is 1.47. The Morgan fingerprint density at radius 3 is 2.69 bits per heavy atom. The molecule has 16 heavy (non-hydrogen) atoms. The molecule has 1 aliphatic rings. The number of carbonyl (C=O) groups excluding carboxylic acids is 1. The molecule has 1 saturated carbocycles. The van der Waals surface area contributed by atoms with Crippen LogP contribution in [-0.4, -0.2) is 16.5 Å². The first kappa shape index (κ1) is 12.1. The molecule has 2 nitrogen and oxygen atoms in total. The summed E-state index contributed by atoms with van der Waals surface area (Å²) in [6.45, 7) is 0. The summed E-state index contributed by atoms with van der Waals surface area (Å²) < 4.78 is -0.863. The Kier molecular flexibility index (Phi) is 3.38.